The Labute approximate surface area is 151 Å². The average Bonchev–Trinajstić information content (AvgIpc) is 2.86. The number of rotatable bonds is 4. The summed E-state index contributed by atoms with van der Waals surface area (Å²) >= 11 is 0. The summed E-state index contributed by atoms with van der Waals surface area (Å²) in [6.07, 6.45) is 9.76. The maximum absolute atomic E-state index is 12.7. The number of nitrogens with two attached hydrogens (primary N) is 1. The van der Waals surface area contributed by atoms with E-state index in [2.05, 4.69) is 40.5 Å². The van der Waals surface area contributed by atoms with E-state index in [9.17, 15) is 4.79 Å². The summed E-state index contributed by atoms with van der Waals surface area (Å²) in [4.78, 5) is 15.4. The largest absolute Gasteiger partial charge is 0.352 e. The van der Waals surface area contributed by atoms with Crippen molar-refractivity contribution in [3.63, 3.8) is 0 Å². The average molecular weight is 341 g/mol. The molecule has 2 unspecified atom stereocenters. The molecule has 1 aromatic carbocycles. The molecule has 4 heteroatoms. The lowest BCUT2D eigenvalue weighted by molar-refractivity contribution is -0.128. The zero-order chi connectivity index (χ0) is 17.3. The van der Waals surface area contributed by atoms with Crippen molar-refractivity contribution in [2.75, 3.05) is 0 Å². The van der Waals surface area contributed by atoms with Gasteiger partial charge in [-0.25, -0.2) is 0 Å². The number of carbonyl (C=O) groups is 1. The summed E-state index contributed by atoms with van der Waals surface area (Å²) in [5.41, 5.74) is 7.19. The standard InChI is InChI=1S/C21H31N3O/c22-21(11-5-2-6-12-21)20(25)23-17-13-18-9-10-19(14-17)24(18)15-16-7-3-1-4-8-16/h1,3-4,7-8,17-19H,2,5-6,9-15,22H2,(H,23,25). The predicted octanol–water partition coefficient (Wildman–Crippen LogP) is 2.96. The molecule has 2 aliphatic heterocycles. The first-order valence-corrected chi connectivity index (χ1v) is 10.0. The lowest BCUT2D eigenvalue weighted by Crippen LogP contribution is -2.59. The van der Waals surface area contributed by atoms with Gasteiger partial charge >= 0.3 is 0 Å². The number of hydrogen-bond donors (Lipinski definition) is 2. The monoisotopic (exact) mass is 341 g/mol. The maximum Gasteiger partial charge on any atom is 0.240 e. The highest BCUT2D eigenvalue weighted by atomic mass is 16.2. The van der Waals surface area contributed by atoms with Crippen LogP contribution in [0.5, 0.6) is 0 Å². The van der Waals surface area contributed by atoms with E-state index in [0.717, 1.165) is 45.1 Å². The summed E-state index contributed by atoms with van der Waals surface area (Å²) in [6, 6.07) is 12.3. The topological polar surface area (TPSA) is 58.4 Å². The molecular weight excluding hydrogens is 310 g/mol. The molecular formula is C21H31N3O. The molecule has 136 valence electrons. The summed E-state index contributed by atoms with van der Waals surface area (Å²) in [5, 5.41) is 3.32. The van der Waals surface area contributed by atoms with Crippen LogP contribution in [0.3, 0.4) is 0 Å². The van der Waals surface area contributed by atoms with Gasteiger partial charge in [-0.3, -0.25) is 9.69 Å². The summed E-state index contributed by atoms with van der Waals surface area (Å²) in [5.74, 6) is 0.105. The molecule has 0 aromatic heterocycles. The zero-order valence-electron chi connectivity index (χ0n) is 15.1. The van der Waals surface area contributed by atoms with Crippen LogP contribution in [0.25, 0.3) is 0 Å². The second-order valence-electron chi connectivity index (χ2n) is 8.40. The van der Waals surface area contributed by atoms with Crippen molar-refractivity contribution in [1.29, 1.82) is 0 Å². The fraction of sp³-hybridized carbons (Fsp3) is 0.667. The Kier molecular flexibility index (Phi) is 4.83. The van der Waals surface area contributed by atoms with E-state index in [1.165, 1.54) is 24.8 Å². The van der Waals surface area contributed by atoms with Crippen molar-refractivity contribution in [1.82, 2.24) is 10.2 Å². The molecule has 2 bridgehead atoms. The highest BCUT2D eigenvalue weighted by Gasteiger charge is 2.43. The molecule has 3 N–H and O–H groups in total. The first-order valence-electron chi connectivity index (χ1n) is 10.0. The summed E-state index contributed by atoms with van der Waals surface area (Å²) in [7, 11) is 0. The number of piperidine rings is 1. The van der Waals surface area contributed by atoms with Crippen molar-refractivity contribution < 1.29 is 4.79 Å². The first kappa shape index (κ1) is 17.0. The molecule has 1 saturated carbocycles. The van der Waals surface area contributed by atoms with Gasteiger partial charge in [0.15, 0.2) is 0 Å². The molecule has 0 spiro atoms. The second kappa shape index (κ2) is 7.08. The third-order valence-corrected chi connectivity index (χ3v) is 6.63. The Morgan fingerprint density at radius 2 is 1.72 bits per heavy atom. The molecule has 4 nitrogen and oxygen atoms in total. The molecule has 3 fully saturated rings. The molecule has 2 heterocycles. The number of amides is 1. The van der Waals surface area contributed by atoms with Gasteiger partial charge in [-0.2, -0.15) is 0 Å². The van der Waals surface area contributed by atoms with E-state index in [1.807, 2.05) is 0 Å². The van der Waals surface area contributed by atoms with Gasteiger partial charge in [-0.05, 0) is 44.1 Å². The number of nitrogens with one attached hydrogen (secondary N) is 1. The van der Waals surface area contributed by atoms with Crippen LogP contribution >= 0.6 is 0 Å². The van der Waals surface area contributed by atoms with Crippen LogP contribution in [-0.2, 0) is 11.3 Å². The number of benzene rings is 1. The first-order chi connectivity index (χ1) is 12.1. The van der Waals surface area contributed by atoms with Crippen molar-refractivity contribution in [2.24, 2.45) is 5.73 Å². The number of nitrogens with zero attached hydrogens (tertiary/aromatic N) is 1. The number of hydrogen-bond acceptors (Lipinski definition) is 3. The number of fused-ring (bicyclic) bond motifs is 2. The SMILES string of the molecule is NC1(C(=O)NC2CC3CCC(C2)N3Cc2ccccc2)CCCCC1. The van der Waals surface area contributed by atoms with Crippen LogP contribution in [0.1, 0.15) is 63.4 Å². The third-order valence-electron chi connectivity index (χ3n) is 6.63. The fourth-order valence-electron chi connectivity index (χ4n) is 5.18. The Bertz CT molecular complexity index is 582. The van der Waals surface area contributed by atoms with Crippen molar-refractivity contribution in [3.05, 3.63) is 35.9 Å². The lowest BCUT2D eigenvalue weighted by atomic mass is 9.81. The van der Waals surface area contributed by atoms with Crippen LogP contribution in [-0.4, -0.2) is 34.5 Å². The van der Waals surface area contributed by atoms with Gasteiger partial charge in [0.25, 0.3) is 0 Å². The van der Waals surface area contributed by atoms with Crippen LogP contribution in [0.15, 0.2) is 30.3 Å². The summed E-state index contributed by atoms with van der Waals surface area (Å²) < 4.78 is 0. The minimum atomic E-state index is -0.613. The smallest absolute Gasteiger partial charge is 0.240 e. The van der Waals surface area contributed by atoms with Gasteiger partial charge in [0, 0.05) is 24.7 Å². The molecule has 2 saturated heterocycles. The van der Waals surface area contributed by atoms with Crippen molar-refractivity contribution in [3.8, 4) is 0 Å². The lowest BCUT2D eigenvalue weighted by Gasteiger charge is -2.41. The molecule has 1 aliphatic carbocycles. The molecule has 4 rings (SSSR count). The highest BCUT2D eigenvalue weighted by Crippen LogP contribution is 2.37. The van der Waals surface area contributed by atoms with Crippen LogP contribution in [0.4, 0.5) is 0 Å². The Morgan fingerprint density at radius 1 is 1.08 bits per heavy atom. The van der Waals surface area contributed by atoms with E-state index < -0.39 is 5.54 Å². The van der Waals surface area contributed by atoms with E-state index in [4.69, 9.17) is 5.73 Å². The molecule has 1 aromatic rings. The van der Waals surface area contributed by atoms with Crippen LogP contribution in [0, 0.1) is 0 Å². The van der Waals surface area contributed by atoms with Gasteiger partial charge in [0.05, 0.1) is 5.54 Å². The van der Waals surface area contributed by atoms with Gasteiger partial charge < -0.3 is 11.1 Å². The van der Waals surface area contributed by atoms with Crippen LogP contribution < -0.4 is 11.1 Å². The minimum Gasteiger partial charge on any atom is -0.352 e. The molecule has 25 heavy (non-hydrogen) atoms. The predicted molar refractivity (Wildman–Crippen MR) is 100.0 cm³/mol. The fourth-order valence-corrected chi connectivity index (χ4v) is 5.18. The third kappa shape index (κ3) is 3.61. The van der Waals surface area contributed by atoms with Crippen LogP contribution in [0.2, 0.25) is 0 Å². The normalized spacial score (nSPS) is 31.6. The van der Waals surface area contributed by atoms with E-state index in [0.29, 0.717) is 18.1 Å². The Hall–Kier alpha value is -1.39. The highest BCUT2D eigenvalue weighted by molar-refractivity contribution is 5.86. The molecule has 1 amide bonds. The molecule has 3 aliphatic rings. The number of carbonyl (C=O) groups excluding carboxylic acids is 1. The van der Waals surface area contributed by atoms with E-state index >= 15 is 0 Å². The van der Waals surface area contributed by atoms with Gasteiger partial charge in [0.1, 0.15) is 0 Å². The van der Waals surface area contributed by atoms with Gasteiger partial charge in [-0.15, -0.1) is 0 Å². The minimum absolute atomic E-state index is 0.105. The Morgan fingerprint density at radius 3 is 2.36 bits per heavy atom. The van der Waals surface area contributed by atoms with Gasteiger partial charge in [-0.1, -0.05) is 49.6 Å². The quantitative estimate of drug-likeness (QED) is 0.885. The zero-order valence-corrected chi connectivity index (χ0v) is 15.1. The maximum atomic E-state index is 12.7. The van der Waals surface area contributed by atoms with E-state index in [1.54, 1.807) is 0 Å². The molecule has 0 radical (unpaired) electrons. The van der Waals surface area contributed by atoms with Crippen molar-refractivity contribution in [2.45, 2.75) is 88.0 Å². The van der Waals surface area contributed by atoms with Crippen molar-refractivity contribution >= 4 is 5.91 Å². The summed E-state index contributed by atoms with van der Waals surface area (Å²) in [6.45, 7) is 1.04. The Balaban J connectivity index is 1.36. The second-order valence-corrected chi connectivity index (χ2v) is 8.40. The molecule has 2 atom stereocenters. The van der Waals surface area contributed by atoms with E-state index in [-0.39, 0.29) is 5.91 Å². The van der Waals surface area contributed by atoms with Gasteiger partial charge in [0.2, 0.25) is 5.91 Å².